The fourth-order valence-electron chi connectivity index (χ4n) is 3.29. The van der Waals surface area contributed by atoms with E-state index in [9.17, 15) is 13.2 Å². The van der Waals surface area contributed by atoms with Crippen LogP contribution >= 0.6 is 0 Å². The lowest BCUT2D eigenvalue weighted by Crippen LogP contribution is -2.61. The molecule has 0 amide bonds. The van der Waals surface area contributed by atoms with Crippen molar-refractivity contribution in [3.63, 3.8) is 0 Å². The molecule has 0 unspecified atom stereocenters. The number of quaternary nitrogens is 1. The Kier molecular flexibility index (Phi) is 5.13. The molecule has 1 aromatic carbocycles. The summed E-state index contributed by atoms with van der Waals surface area (Å²) in [6, 6.07) is 4.84. The summed E-state index contributed by atoms with van der Waals surface area (Å²) in [7, 11) is 1.75. The third-order valence-corrected chi connectivity index (χ3v) is 5.68. The first-order valence-electron chi connectivity index (χ1n) is 7.70. The molecule has 1 fully saturated rings. The molecule has 1 aromatic rings. The quantitative estimate of drug-likeness (QED) is 0.618. The van der Waals surface area contributed by atoms with Crippen molar-refractivity contribution >= 4 is 21.5 Å². The summed E-state index contributed by atoms with van der Waals surface area (Å²) >= 11 is 0. The van der Waals surface area contributed by atoms with Crippen molar-refractivity contribution in [2.24, 2.45) is 0 Å². The van der Waals surface area contributed by atoms with E-state index >= 15 is 0 Å². The number of esters is 1. The zero-order valence-corrected chi connectivity index (χ0v) is 15.0. The average molecular weight is 341 g/mol. The fraction of sp³-hybridized carbons (Fsp3) is 0.562. The van der Waals surface area contributed by atoms with E-state index in [-0.39, 0.29) is 10.5 Å². The lowest BCUT2D eigenvalue weighted by molar-refractivity contribution is 0.0125. The summed E-state index contributed by atoms with van der Waals surface area (Å²) in [5.41, 5.74) is 0.982. The van der Waals surface area contributed by atoms with Crippen molar-refractivity contribution < 1.29 is 17.9 Å². The Hall–Kier alpha value is -1.44. The summed E-state index contributed by atoms with van der Waals surface area (Å²) in [5, 5.41) is 2.06. The number of ether oxygens (including phenoxy) is 1. The highest BCUT2D eigenvalue weighted by Gasteiger charge is 2.39. The summed E-state index contributed by atoms with van der Waals surface area (Å²) in [5.74, 6) is -0.531. The number of carbonyl (C=O) groups excluding carboxylic acids is 1. The molecule has 0 atom stereocenters. The predicted molar refractivity (Wildman–Crippen MR) is 90.0 cm³/mol. The van der Waals surface area contributed by atoms with Crippen LogP contribution in [0.5, 0.6) is 0 Å². The third-order valence-electron chi connectivity index (χ3n) is 4.55. The van der Waals surface area contributed by atoms with Crippen molar-refractivity contribution in [3.05, 3.63) is 23.8 Å². The number of benzene rings is 1. The highest BCUT2D eigenvalue weighted by Crippen LogP contribution is 2.36. The minimum absolute atomic E-state index is 0.205. The molecule has 0 bridgehead atoms. The van der Waals surface area contributed by atoms with E-state index in [4.69, 9.17) is 4.74 Å². The van der Waals surface area contributed by atoms with Gasteiger partial charge in [-0.3, -0.25) is 0 Å². The van der Waals surface area contributed by atoms with Gasteiger partial charge in [0.05, 0.1) is 12.7 Å². The number of methoxy groups -OCH3 is 1. The first kappa shape index (κ1) is 17.9. The molecule has 1 aliphatic heterocycles. The number of hydrogen-bond acceptors (Lipinski definition) is 5. The van der Waals surface area contributed by atoms with E-state index < -0.39 is 15.8 Å². The Morgan fingerprint density at radius 3 is 2.26 bits per heavy atom. The summed E-state index contributed by atoms with van der Waals surface area (Å²) in [6.45, 7) is 1.71. The van der Waals surface area contributed by atoms with Crippen LogP contribution in [0.25, 0.3) is 0 Å². The van der Waals surface area contributed by atoms with Crippen molar-refractivity contribution in [1.82, 2.24) is 9.60 Å². The molecular formula is C16H25N2O4S+. The van der Waals surface area contributed by atoms with E-state index in [0.717, 1.165) is 38.0 Å². The van der Waals surface area contributed by atoms with Crippen LogP contribution in [0, 0.1) is 0 Å². The number of sulfone groups is 1. The van der Waals surface area contributed by atoms with Crippen LogP contribution in [0.15, 0.2) is 23.1 Å². The second kappa shape index (κ2) is 6.59. The predicted octanol–water partition coefficient (Wildman–Crippen LogP) is 1.84. The normalized spacial score (nSPS) is 18.0. The second-order valence-corrected chi connectivity index (χ2v) is 8.21. The second-order valence-electron chi connectivity index (χ2n) is 6.22. The molecule has 7 heteroatoms. The van der Waals surface area contributed by atoms with E-state index in [1.807, 2.05) is 14.1 Å². The van der Waals surface area contributed by atoms with Crippen LogP contribution in [0.2, 0.25) is 0 Å². The molecular weight excluding hydrogens is 316 g/mol. The van der Waals surface area contributed by atoms with Gasteiger partial charge in [0.1, 0.15) is 18.0 Å². The smallest absolute Gasteiger partial charge is 0.337 e. The zero-order valence-electron chi connectivity index (χ0n) is 14.2. The van der Waals surface area contributed by atoms with E-state index in [2.05, 4.69) is 5.01 Å². The molecule has 6 nitrogen and oxygen atoms in total. The Bertz CT molecular complexity index is 692. The Labute approximate surface area is 138 Å². The van der Waals surface area contributed by atoms with Crippen LogP contribution in [-0.4, -0.2) is 59.9 Å². The Balaban J connectivity index is 2.67. The van der Waals surface area contributed by atoms with Crippen LogP contribution < -0.4 is 4.59 Å². The molecule has 1 saturated heterocycles. The average Bonchev–Trinajstić information content (AvgIpc) is 2.53. The SMILES string of the molecule is COC(=O)c1ccc([N+]2(N(C)C)CCCCC2)c(S(C)(=O)=O)c1. The van der Waals surface area contributed by atoms with Gasteiger partial charge in [0.15, 0.2) is 15.5 Å². The molecule has 23 heavy (non-hydrogen) atoms. The van der Waals surface area contributed by atoms with Gasteiger partial charge in [-0.2, -0.15) is 5.01 Å². The zero-order chi connectivity index (χ0) is 17.3. The largest absolute Gasteiger partial charge is 0.465 e. The van der Waals surface area contributed by atoms with Gasteiger partial charge in [0.2, 0.25) is 0 Å². The lowest BCUT2D eigenvalue weighted by Gasteiger charge is -2.45. The van der Waals surface area contributed by atoms with Gasteiger partial charge < -0.3 is 4.74 Å². The van der Waals surface area contributed by atoms with Crippen molar-refractivity contribution in [2.75, 3.05) is 40.6 Å². The molecule has 0 aliphatic carbocycles. The number of carbonyl (C=O) groups is 1. The number of hydrogen-bond donors (Lipinski definition) is 0. The molecule has 1 aliphatic rings. The summed E-state index contributed by atoms with van der Waals surface area (Å²) < 4.78 is 29.9. The van der Waals surface area contributed by atoms with Gasteiger partial charge >= 0.3 is 5.97 Å². The van der Waals surface area contributed by atoms with Crippen molar-refractivity contribution in [3.8, 4) is 0 Å². The molecule has 0 N–H and O–H groups in total. The van der Waals surface area contributed by atoms with E-state index in [1.165, 1.54) is 19.4 Å². The maximum absolute atomic E-state index is 12.3. The number of piperidine rings is 1. The standard InChI is InChI=1S/C16H25N2O4S/c1-17(2)18(10-6-5-7-11-18)14-9-8-13(16(19)22-3)12-15(14)23(4,20)21/h8-9,12H,5-7,10-11H2,1-4H3/q+1. The van der Waals surface area contributed by atoms with E-state index in [0.29, 0.717) is 4.59 Å². The topological polar surface area (TPSA) is 63.7 Å². The van der Waals surface area contributed by atoms with Gasteiger partial charge in [-0.15, -0.1) is 0 Å². The first-order chi connectivity index (χ1) is 10.7. The van der Waals surface area contributed by atoms with Crippen LogP contribution in [0.4, 0.5) is 5.69 Å². The molecule has 0 saturated carbocycles. The van der Waals surface area contributed by atoms with Gasteiger partial charge in [-0.25, -0.2) is 17.8 Å². The first-order valence-corrected chi connectivity index (χ1v) is 9.59. The highest BCUT2D eigenvalue weighted by molar-refractivity contribution is 7.90. The van der Waals surface area contributed by atoms with Gasteiger partial charge in [0.25, 0.3) is 0 Å². The molecule has 2 rings (SSSR count). The minimum Gasteiger partial charge on any atom is -0.465 e. The van der Waals surface area contributed by atoms with Gasteiger partial charge in [-0.05, 0) is 31.4 Å². The Morgan fingerprint density at radius 2 is 1.78 bits per heavy atom. The van der Waals surface area contributed by atoms with Crippen LogP contribution in [0.3, 0.4) is 0 Å². The van der Waals surface area contributed by atoms with Crippen molar-refractivity contribution in [1.29, 1.82) is 0 Å². The molecule has 128 valence electrons. The van der Waals surface area contributed by atoms with Gasteiger partial charge in [-0.1, -0.05) is 0 Å². The maximum Gasteiger partial charge on any atom is 0.337 e. The fourth-order valence-corrected chi connectivity index (χ4v) is 4.25. The number of rotatable bonds is 4. The Morgan fingerprint density at radius 1 is 1.17 bits per heavy atom. The molecule has 0 aromatic heterocycles. The summed E-state index contributed by atoms with van der Waals surface area (Å²) in [4.78, 5) is 12.0. The van der Waals surface area contributed by atoms with Gasteiger partial charge in [0, 0.05) is 26.4 Å². The van der Waals surface area contributed by atoms with Crippen LogP contribution in [0.1, 0.15) is 29.6 Å². The molecule has 0 radical (unpaired) electrons. The molecule has 0 spiro atoms. The van der Waals surface area contributed by atoms with Crippen LogP contribution in [-0.2, 0) is 14.6 Å². The highest BCUT2D eigenvalue weighted by atomic mass is 32.2. The van der Waals surface area contributed by atoms with Crippen molar-refractivity contribution in [2.45, 2.75) is 24.2 Å². The monoisotopic (exact) mass is 341 g/mol. The maximum atomic E-state index is 12.3. The van der Waals surface area contributed by atoms with E-state index in [1.54, 1.807) is 12.1 Å². The third kappa shape index (κ3) is 3.41. The lowest BCUT2D eigenvalue weighted by atomic mass is 10.1. The minimum atomic E-state index is -3.47. The summed E-state index contributed by atoms with van der Waals surface area (Å²) in [6.07, 6.45) is 4.42. The number of nitrogens with zero attached hydrogens (tertiary/aromatic N) is 2. The molecule has 1 heterocycles.